The fraction of sp³-hybridized carbons (Fsp3) is 0.550. The molecule has 1 aliphatic rings. The number of nitrogens with zero attached hydrogens (tertiary/aromatic N) is 5. The van der Waals surface area contributed by atoms with Crippen molar-refractivity contribution in [1.82, 2.24) is 29.7 Å². The Balaban J connectivity index is 0.00000341. The number of halogens is 1. The van der Waals surface area contributed by atoms with Crippen LogP contribution in [0.1, 0.15) is 37.5 Å². The Kier molecular flexibility index (Phi) is 9.25. The Bertz CT molecular complexity index is 977. The molecule has 0 spiro atoms. The van der Waals surface area contributed by atoms with Crippen LogP contribution in [0.25, 0.3) is 0 Å². The van der Waals surface area contributed by atoms with E-state index in [0.717, 1.165) is 17.2 Å². The molecule has 1 saturated heterocycles. The lowest BCUT2D eigenvalue weighted by atomic mass is 10.2. The van der Waals surface area contributed by atoms with Gasteiger partial charge in [-0.1, -0.05) is 30.3 Å². The Labute approximate surface area is 201 Å². The second-order valence-corrected chi connectivity index (χ2v) is 9.87. The molecule has 1 aromatic heterocycles. The molecule has 0 radical (unpaired) electrons. The number of guanidine groups is 1. The molecule has 3 rings (SSSR count). The van der Waals surface area contributed by atoms with E-state index in [1.807, 2.05) is 67.6 Å². The summed E-state index contributed by atoms with van der Waals surface area (Å²) in [6.45, 7) is 7.58. The van der Waals surface area contributed by atoms with E-state index in [1.165, 1.54) is 0 Å². The molecule has 2 N–H and O–H groups in total. The maximum absolute atomic E-state index is 12.6. The van der Waals surface area contributed by atoms with Gasteiger partial charge in [0.2, 0.25) is 10.0 Å². The lowest BCUT2D eigenvalue weighted by molar-refractivity contribution is 0.484. The zero-order chi connectivity index (χ0) is 21.7. The van der Waals surface area contributed by atoms with Crippen molar-refractivity contribution < 1.29 is 8.42 Å². The number of benzene rings is 1. The van der Waals surface area contributed by atoms with Crippen LogP contribution in [0.5, 0.6) is 0 Å². The molecule has 9 nitrogen and oxygen atoms in total. The molecule has 11 heteroatoms. The molecular weight excluding hydrogens is 529 g/mol. The standard InChI is InChI=1S/C20H31N7O2S.HI/c1-15(2)25-30(28,29)18-10-11-27(14-18)20(21-12-17-8-6-5-7-9-17)22-13-19-24-23-16(3)26(19)4;/h5-9,15,18,25H,10-14H2,1-4H3,(H,21,22);1H. The minimum atomic E-state index is -3.36. The molecule has 0 amide bonds. The average molecular weight is 561 g/mol. The van der Waals surface area contributed by atoms with Crippen LogP contribution >= 0.6 is 24.0 Å². The zero-order valence-electron chi connectivity index (χ0n) is 18.4. The van der Waals surface area contributed by atoms with Gasteiger partial charge >= 0.3 is 0 Å². The Hall–Kier alpha value is -1.73. The Morgan fingerprint density at radius 1 is 1.26 bits per heavy atom. The molecule has 2 aromatic rings. The van der Waals surface area contributed by atoms with Gasteiger partial charge in [0, 0.05) is 26.2 Å². The maximum atomic E-state index is 12.6. The van der Waals surface area contributed by atoms with Crippen LogP contribution in [0, 0.1) is 6.92 Å². The van der Waals surface area contributed by atoms with Crippen molar-refractivity contribution in [3.8, 4) is 0 Å². The second kappa shape index (κ2) is 11.2. The average Bonchev–Trinajstić information content (AvgIpc) is 3.31. The molecule has 31 heavy (non-hydrogen) atoms. The normalized spacial score (nSPS) is 17.1. The van der Waals surface area contributed by atoms with Crippen molar-refractivity contribution in [1.29, 1.82) is 0 Å². The predicted octanol–water partition coefficient (Wildman–Crippen LogP) is 1.79. The highest BCUT2D eigenvalue weighted by atomic mass is 127. The summed E-state index contributed by atoms with van der Waals surface area (Å²) in [5.74, 6) is 2.31. The number of hydrogen-bond donors (Lipinski definition) is 2. The molecule has 1 aromatic carbocycles. The van der Waals surface area contributed by atoms with Crippen molar-refractivity contribution in [3.05, 3.63) is 47.5 Å². The molecule has 0 saturated carbocycles. The van der Waals surface area contributed by atoms with Crippen molar-refractivity contribution in [2.75, 3.05) is 13.1 Å². The minimum absolute atomic E-state index is 0. The van der Waals surface area contributed by atoms with Crippen molar-refractivity contribution >= 4 is 40.0 Å². The summed E-state index contributed by atoms with van der Waals surface area (Å²) in [6.07, 6.45) is 0.567. The van der Waals surface area contributed by atoms with Gasteiger partial charge in [0.15, 0.2) is 11.8 Å². The van der Waals surface area contributed by atoms with E-state index < -0.39 is 15.3 Å². The van der Waals surface area contributed by atoms with Gasteiger partial charge in [-0.25, -0.2) is 18.1 Å². The highest BCUT2D eigenvalue weighted by molar-refractivity contribution is 14.0. The van der Waals surface area contributed by atoms with Gasteiger partial charge in [-0.3, -0.25) is 0 Å². The summed E-state index contributed by atoms with van der Waals surface area (Å²) in [4.78, 5) is 6.77. The molecule has 1 fully saturated rings. The SMILES string of the molecule is Cc1nnc(CNC(=NCc2ccccc2)N2CCC(S(=O)(=O)NC(C)C)C2)n1C.I. The van der Waals surface area contributed by atoms with Crippen LogP contribution in [-0.2, 0) is 30.2 Å². The number of aromatic nitrogens is 3. The summed E-state index contributed by atoms with van der Waals surface area (Å²) >= 11 is 0. The quantitative estimate of drug-likeness (QED) is 0.304. The largest absolute Gasteiger partial charge is 0.349 e. The van der Waals surface area contributed by atoms with E-state index in [-0.39, 0.29) is 30.0 Å². The maximum Gasteiger partial charge on any atom is 0.216 e. The van der Waals surface area contributed by atoms with Crippen molar-refractivity contribution in [2.45, 2.75) is 51.6 Å². The Morgan fingerprint density at radius 2 is 1.97 bits per heavy atom. The van der Waals surface area contributed by atoms with Crippen LogP contribution in [-0.4, -0.2) is 58.4 Å². The summed E-state index contributed by atoms with van der Waals surface area (Å²) in [6, 6.07) is 9.87. The summed E-state index contributed by atoms with van der Waals surface area (Å²) < 4.78 is 29.8. The molecule has 2 heterocycles. The number of nitrogens with one attached hydrogen (secondary N) is 2. The fourth-order valence-electron chi connectivity index (χ4n) is 3.38. The van der Waals surface area contributed by atoms with E-state index in [4.69, 9.17) is 4.99 Å². The Morgan fingerprint density at radius 3 is 2.58 bits per heavy atom. The molecule has 0 aliphatic carbocycles. The smallest absolute Gasteiger partial charge is 0.216 e. The third-order valence-electron chi connectivity index (χ3n) is 5.12. The van der Waals surface area contributed by atoms with Crippen molar-refractivity contribution in [2.24, 2.45) is 12.0 Å². The van der Waals surface area contributed by atoms with E-state index in [2.05, 4.69) is 20.2 Å². The third-order valence-corrected chi connectivity index (χ3v) is 7.19. The van der Waals surface area contributed by atoms with Crippen LogP contribution in [0.3, 0.4) is 0 Å². The number of likely N-dealkylation sites (tertiary alicyclic amines) is 1. The van der Waals surface area contributed by atoms with Crippen LogP contribution in [0.4, 0.5) is 0 Å². The monoisotopic (exact) mass is 561 g/mol. The number of sulfonamides is 1. The van der Waals surface area contributed by atoms with E-state index in [0.29, 0.717) is 38.6 Å². The number of aryl methyl sites for hydroxylation is 1. The van der Waals surface area contributed by atoms with Gasteiger partial charge in [0.1, 0.15) is 5.82 Å². The molecule has 1 aliphatic heterocycles. The van der Waals surface area contributed by atoms with Gasteiger partial charge in [-0.15, -0.1) is 34.2 Å². The van der Waals surface area contributed by atoms with Gasteiger partial charge in [0.25, 0.3) is 0 Å². The fourth-order valence-corrected chi connectivity index (χ4v) is 5.02. The van der Waals surface area contributed by atoms with E-state index in [1.54, 1.807) is 0 Å². The number of aliphatic imine (C=N–C) groups is 1. The van der Waals surface area contributed by atoms with Gasteiger partial charge in [0.05, 0.1) is 18.3 Å². The lowest BCUT2D eigenvalue weighted by Crippen LogP contribution is -2.43. The van der Waals surface area contributed by atoms with E-state index >= 15 is 0 Å². The lowest BCUT2D eigenvalue weighted by Gasteiger charge is -2.22. The molecule has 1 atom stereocenters. The molecular formula is C20H32IN7O2S. The van der Waals surface area contributed by atoms with E-state index in [9.17, 15) is 8.42 Å². The van der Waals surface area contributed by atoms with Crippen LogP contribution in [0.2, 0.25) is 0 Å². The first-order chi connectivity index (χ1) is 14.3. The highest BCUT2D eigenvalue weighted by Gasteiger charge is 2.34. The molecule has 0 bridgehead atoms. The van der Waals surface area contributed by atoms with Gasteiger partial charge in [-0.2, -0.15) is 0 Å². The molecule has 1 unspecified atom stereocenters. The van der Waals surface area contributed by atoms with Crippen LogP contribution < -0.4 is 10.0 Å². The number of rotatable bonds is 7. The minimum Gasteiger partial charge on any atom is -0.349 e. The van der Waals surface area contributed by atoms with Gasteiger partial charge < -0.3 is 14.8 Å². The second-order valence-electron chi connectivity index (χ2n) is 7.88. The third kappa shape index (κ3) is 6.88. The first-order valence-electron chi connectivity index (χ1n) is 10.2. The zero-order valence-corrected chi connectivity index (χ0v) is 21.6. The first-order valence-corrected chi connectivity index (χ1v) is 11.7. The predicted molar refractivity (Wildman–Crippen MR) is 133 cm³/mol. The topological polar surface area (TPSA) is 105 Å². The first kappa shape index (κ1) is 25.5. The van der Waals surface area contributed by atoms with Gasteiger partial charge in [-0.05, 0) is 32.8 Å². The molecule has 172 valence electrons. The number of hydrogen-bond acceptors (Lipinski definition) is 5. The van der Waals surface area contributed by atoms with Crippen LogP contribution in [0.15, 0.2) is 35.3 Å². The summed E-state index contributed by atoms with van der Waals surface area (Å²) in [5.41, 5.74) is 1.09. The van der Waals surface area contributed by atoms with Crippen molar-refractivity contribution in [3.63, 3.8) is 0 Å². The summed E-state index contributed by atoms with van der Waals surface area (Å²) in [7, 11) is -1.44. The highest BCUT2D eigenvalue weighted by Crippen LogP contribution is 2.17. The summed E-state index contributed by atoms with van der Waals surface area (Å²) in [5, 5.41) is 11.2.